The standard InChI is InChI=1S/C9H11F2NO2/c10-9(11)14-8(5-12)6-3-1-2-4-7(6)13/h1-4,8-9,13H,5,12H2. The van der Waals surface area contributed by atoms with E-state index in [1.807, 2.05) is 0 Å². The maximum absolute atomic E-state index is 11.9. The van der Waals surface area contributed by atoms with Crippen LogP contribution in [-0.2, 0) is 4.74 Å². The van der Waals surface area contributed by atoms with Crippen LogP contribution in [0, 0.1) is 0 Å². The van der Waals surface area contributed by atoms with Crippen molar-refractivity contribution in [1.29, 1.82) is 0 Å². The van der Waals surface area contributed by atoms with Crippen LogP contribution in [0.25, 0.3) is 0 Å². The van der Waals surface area contributed by atoms with Gasteiger partial charge in [-0.2, -0.15) is 8.78 Å². The number of benzene rings is 1. The van der Waals surface area contributed by atoms with Crippen molar-refractivity contribution < 1.29 is 18.6 Å². The van der Waals surface area contributed by atoms with E-state index in [0.29, 0.717) is 0 Å². The summed E-state index contributed by atoms with van der Waals surface area (Å²) in [6.45, 7) is -3.01. The molecule has 0 aromatic heterocycles. The number of nitrogens with two attached hydrogens (primary N) is 1. The van der Waals surface area contributed by atoms with Crippen molar-refractivity contribution in [2.24, 2.45) is 5.73 Å². The van der Waals surface area contributed by atoms with Crippen molar-refractivity contribution in [3.8, 4) is 5.75 Å². The van der Waals surface area contributed by atoms with Crippen LogP contribution in [0.5, 0.6) is 5.75 Å². The molecule has 0 saturated carbocycles. The number of aromatic hydroxyl groups is 1. The molecule has 1 atom stereocenters. The van der Waals surface area contributed by atoms with Gasteiger partial charge in [0.2, 0.25) is 0 Å². The second-order valence-corrected chi connectivity index (χ2v) is 2.68. The van der Waals surface area contributed by atoms with Gasteiger partial charge in [0.25, 0.3) is 0 Å². The summed E-state index contributed by atoms with van der Waals surface area (Å²) in [7, 11) is 0. The number of phenolic OH excluding ortho intramolecular Hbond substituents is 1. The normalized spacial score (nSPS) is 13.1. The SMILES string of the molecule is NCC(OC(F)F)c1ccccc1O. The lowest BCUT2D eigenvalue weighted by molar-refractivity contribution is -0.162. The van der Waals surface area contributed by atoms with Gasteiger partial charge in [0, 0.05) is 12.1 Å². The molecule has 0 saturated heterocycles. The zero-order chi connectivity index (χ0) is 10.6. The summed E-state index contributed by atoms with van der Waals surface area (Å²) in [4.78, 5) is 0. The fourth-order valence-electron chi connectivity index (χ4n) is 1.14. The molecule has 0 aliphatic carbocycles. The van der Waals surface area contributed by atoms with E-state index in [-0.39, 0.29) is 17.9 Å². The third-order valence-corrected chi connectivity index (χ3v) is 1.76. The minimum Gasteiger partial charge on any atom is -0.508 e. The lowest BCUT2D eigenvalue weighted by Crippen LogP contribution is -2.18. The first-order valence-electron chi connectivity index (χ1n) is 4.06. The molecule has 0 spiro atoms. The summed E-state index contributed by atoms with van der Waals surface area (Å²) < 4.78 is 28.1. The van der Waals surface area contributed by atoms with Gasteiger partial charge in [-0.25, -0.2) is 0 Å². The van der Waals surface area contributed by atoms with Crippen LogP contribution in [0.1, 0.15) is 11.7 Å². The number of alkyl halides is 2. The Morgan fingerprint density at radius 2 is 2.00 bits per heavy atom. The first-order valence-corrected chi connectivity index (χ1v) is 4.06. The largest absolute Gasteiger partial charge is 0.508 e. The average Bonchev–Trinajstić information content (AvgIpc) is 2.15. The van der Waals surface area contributed by atoms with Gasteiger partial charge < -0.3 is 15.6 Å². The molecular weight excluding hydrogens is 192 g/mol. The summed E-state index contributed by atoms with van der Waals surface area (Å²) in [5.41, 5.74) is 5.53. The van der Waals surface area contributed by atoms with Crippen LogP contribution < -0.4 is 5.73 Å². The van der Waals surface area contributed by atoms with E-state index in [1.54, 1.807) is 12.1 Å². The third-order valence-electron chi connectivity index (χ3n) is 1.76. The van der Waals surface area contributed by atoms with E-state index in [9.17, 15) is 13.9 Å². The van der Waals surface area contributed by atoms with E-state index < -0.39 is 12.7 Å². The molecule has 5 heteroatoms. The van der Waals surface area contributed by atoms with Crippen molar-refractivity contribution in [3.63, 3.8) is 0 Å². The summed E-state index contributed by atoms with van der Waals surface area (Å²) >= 11 is 0. The highest BCUT2D eigenvalue weighted by Crippen LogP contribution is 2.26. The molecule has 0 amide bonds. The Morgan fingerprint density at radius 1 is 1.36 bits per heavy atom. The van der Waals surface area contributed by atoms with Gasteiger partial charge in [0.15, 0.2) is 0 Å². The van der Waals surface area contributed by atoms with Gasteiger partial charge in [0.05, 0.1) is 0 Å². The monoisotopic (exact) mass is 203 g/mol. The molecule has 3 nitrogen and oxygen atoms in total. The molecule has 0 radical (unpaired) electrons. The quantitative estimate of drug-likeness (QED) is 0.781. The smallest absolute Gasteiger partial charge is 0.345 e. The Hall–Kier alpha value is -1.20. The highest BCUT2D eigenvalue weighted by atomic mass is 19.3. The van der Waals surface area contributed by atoms with E-state index >= 15 is 0 Å². The van der Waals surface area contributed by atoms with Crippen LogP contribution in [-0.4, -0.2) is 18.3 Å². The molecule has 14 heavy (non-hydrogen) atoms. The lowest BCUT2D eigenvalue weighted by Gasteiger charge is -2.16. The van der Waals surface area contributed by atoms with E-state index in [1.165, 1.54) is 12.1 Å². The summed E-state index contributed by atoms with van der Waals surface area (Å²) in [6, 6.07) is 6.10. The number of rotatable bonds is 4. The molecule has 0 fully saturated rings. The fraction of sp³-hybridized carbons (Fsp3) is 0.333. The van der Waals surface area contributed by atoms with Crippen molar-refractivity contribution in [2.75, 3.05) is 6.54 Å². The Labute approximate surface area is 80.1 Å². The molecule has 1 aromatic rings. The van der Waals surface area contributed by atoms with Crippen molar-refractivity contribution in [1.82, 2.24) is 0 Å². The lowest BCUT2D eigenvalue weighted by atomic mass is 10.1. The second-order valence-electron chi connectivity index (χ2n) is 2.68. The molecule has 3 N–H and O–H groups in total. The average molecular weight is 203 g/mol. The number of hydrogen-bond acceptors (Lipinski definition) is 3. The van der Waals surface area contributed by atoms with Crippen molar-refractivity contribution in [3.05, 3.63) is 29.8 Å². The fourth-order valence-corrected chi connectivity index (χ4v) is 1.14. The predicted molar refractivity (Wildman–Crippen MR) is 47.0 cm³/mol. The summed E-state index contributed by atoms with van der Waals surface area (Å²) in [6.07, 6.45) is -0.976. The summed E-state index contributed by atoms with van der Waals surface area (Å²) in [5.74, 6) is -0.0939. The Morgan fingerprint density at radius 3 is 2.50 bits per heavy atom. The van der Waals surface area contributed by atoms with Crippen molar-refractivity contribution >= 4 is 0 Å². The number of halogens is 2. The van der Waals surface area contributed by atoms with Crippen LogP contribution >= 0.6 is 0 Å². The Bertz CT molecular complexity index is 294. The van der Waals surface area contributed by atoms with Gasteiger partial charge in [-0.05, 0) is 6.07 Å². The van der Waals surface area contributed by atoms with Gasteiger partial charge in [-0.3, -0.25) is 0 Å². The van der Waals surface area contributed by atoms with Gasteiger partial charge in [0.1, 0.15) is 11.9 Å². The van der Waals surface area contributed by atoms with E-state index in [4.69, 9.17) is 5.73 Å². The van der Waals surface area contributed by atoms with E-state index in [0.717, 1.165) is 0 Å². The highest BCUT2D eigenvalue weighted by molar-refractivity contribution is 5.33. The number of ether oxygens (including phenoxy) is 1. The molecule has 0 aliphatic rings. The maximum atomic E-state index is 11.9. The maximum Gasteiger partial charge on any atom is 0.345 e. The zero-order valence-corrected chi connectivity index (χ0v) is 7.36. The van der Waals surface area contributed by atoms with E-state index in [2.05, 4.69) is 4.74 Å². The summed E-state index contributed by atoms with van der Waals surface area (Å²) in [5, 5.41) is 9.34. The molecule has 0 aliphatic heterocycles. The highest BCUT2D eigenvalue weighted by Gasteiger charge is 2.18. The zero-order valence-electron chi connectivity index (χ0n) is 7.36. The second kappa shape index (κ2) is 4.88. The Kier molecular flexibility index (Phi) is 3.79. The predicted octanol–water partition coefficient (Wildman–Crippen LogP) is 1.63. The van der Waals surface area contributed by atoms with Gasteiger partial charge in [-0.1, -0.05) is 18.2 Å². The number of para-hydroxylation sites is 1. The molecule has 78 valence electrons. The first-order chi connectivity index (χ1) is 6.65. The molecule has 0 heterocycles. The van der Waals surface area contributed by atoms with Crippen LogP contribution in [0.2, 0.25) is 0 Å². The molecule has 1 rings (SSSR count). The number of phenols is 1. The molecule has 1 unspecified atom stereocenters. The van der Waals surface area contributed by atoms with Gasteiger partial charge in [-0.15, -0.1) is 0 Å². The topological polar surface area (TPSA) is 55.5 Å². The van der Waals surface area contributed by atoms with Gasteiger partial charge >= 0.3 is 6.61 Å². The minimum absolute atomic E-state index is 0.0939. The third kappa shape index (κ3) is 2.65. The molecular formula is C9H11F2NO2. The first kappa shape index (κ1) is 10.9. The van der Waals surface area contributed by atoms with Crippen molar-refractivity contribution in [2.45, 2.75) is 12.7 Å². The van der Waals surface area contributed by atoms with Crippen LogP contribution in [0.3, 0.4) is 0 Å². The van der Waals surface area contributed by atoms with Crippen LogP contribution in [0.4, 0.5) is 8.78 Å². The number of hydrogen-bond donors (Lipinski definition) is 2. The minimum atomic E-state index is -2.90. The molecule has 0 bridgehead atoms. The van der Waals surface area contributed by atoms with Crippen LogP contribution in [0.15, 0.2) is 24.3 Å². The Balaban J connectivity index is 2.83. The molecule has 1 aromatic carbocycles.